The Morgan fingerprint density at radius 2 is 2.43 bits per heavy atom. The third-order valence-electron chi connectivity index (χ3n) is 3.22. The molecule has 0 aliphatic rings. The Morgan fingerprint density at radius 1 is 1.57 bits per heavy atom. The molecule has 0 aliphatic heterocycles. The second-order valence-corrected chi connectivity index (χ2v) is 5.53. The monoisotopic (exact) mass is 309 g/mol. The van der Waals surface area contributed by atoms with E-state index in [0.717, 1.165) is 12.0 Å². The zero-order valence-corrected chi connectivity index (χ0v) is 12.7. The lowest BCUT2D eigenvalue weighted by atomic mass is 10.0. The second-order valence-electron chi connectivity index (χ2n) is 4.75. The van der Waals surface area contributed by atoms with Gasteiger partial charge in [-0.1, -0.05) is 13.3 Å². The molecule has 0 aliphatic carbocycles. The molecule has 0 saturated heterocycles. The van der Waals surface area contributed by atoms with Crippen LogP contribution >= 0.6 is 11.3 Å². The Balaban J connectivity index is 1.83. The Morgan fingerprint density at radius 3 is 3.10 bits per heavy atom. The van der Waals surface area contributed by atoms with Crippen LogP contribution in [0.2, 0.25) is 0 Å². The number of nitrogens with zero attached hydrogens (tertiary/aromatic N) is 4. The third-order valence-corrected chi connectivity index (χ3v) is 3.90. The molecule has 2 aromatic heterocycles. The highest BCUT2D eigenvalue weighted by Crippen LogP contribution is 2.16. The van der Waals surface area contributed by atoms with Gasteiger partial charge in [0.1, 0.15) is 6.54 Å². The van der Waals surface area contributed by atoms with Crippen LogP contribution in [0, 0.1) is 5.92 Å². The lowest BCUT2D eigenvalue weighted by Gasteiger charge is -2.13. The molecule has 0 aromatic carbocycles. The van der Waals surface area contributed by atoms with Crippen molar-refractivity contribution in [2.75, 3.05) is 13.2 Å². The maximum absolute atomic E-state index is 11.8. The van der Waals surface area contributed by atoms with Crippen molar-refractivity contribution in [2.24, 2.45) is 5.92 Å². The summed E-state index contributed by atoms with van der Waals surface area (Å²) in [5, 5.41) is 27.6. The van der Waals surface area contributed by atoms with Crippen molar-refractivity contribution in [3.8, 4) is 11.4 Å². The number of thiophene rings is 1. The SMILES string of the molecule is CCC(CCO)CNC(=O)Cn1nnc(-c2ccsc2)n1. The maximum Gasteiger partial charge on any atom is 0.243 e. The van der Waals surface area contributed by atoms with E-state index in [1.165, 1.54) is 4.80 Å². The van der Waals surface area contributed by atoms with E-state index in [1.807, 2.05) is 23.8 Å². The second kappa shape index (κ2) is 7.84. The van der Waals surface area contributed by atoms with Crippen molar-refractivity contribution < 1.29 is 9.90 Å². The molecule has 0 fully saturated rings. The molecule has 0 saturated carbocycles. The zero-order valence-electron chi connectivity index (χ0n) is 11.9. The van der Waals surface area contributed by atoms with Gasteiger partial charge < -0.3 is 10.4 Å². The zero-order chi connectivity index (χ0) is 15.1. The van der Waals surface area contributed by atoms with Crippen LogP contribution in [0.5, 0.6) is 0 Å². The number of aliphatic hydroxyl groups excluding tert-OH is 1. The normalized spacial score (nSPS) is 12.3. The summed E-state index contributed by atoms with van der Waals surface area (Å²) in [6.45, 7) is 2.79. The summed E-state index contributed by atoms with van der Waals surface area (Å²) in [4.78, 5) is 13.1. The van der Waals surface area contributed by atoms with Crippen LogP contribution in [0.4, 0.5) is 0 Å². The number of hydrogen-bond donors (Lipinski definition) is 2. The van der Waals surface area contributed by atoms with Crippen molar-refractivity contribution in [2.45, 2.75) is 26.3 Å². The molecule has 2 aromatic rings. The van der Waals surface area contributed by atoms with Crippen molar-refractivity contribution in [1.29, 1.82) is 0 Å². The molecule has 0 radical (unpaired) electrons. The van der Waals surface area contributed by atoms with Crippen LogP contribution in [0.15, 0.2) is 16.8 Å². The van der Waals surface area contributed by atoms with Gasteiger partial charge >= 0.3 is 0 Å². The Bertz CT molecular complexity index is 555. The summed E-state index contributed by atoms with van der Waals surface area (Å²) in [6, 6.07) is 1.91. The third kappa shape index (κ3) is 4.61. The molecule has 0 bridgehead atoms. The number of aromatic nitrogens is 4. The first-order chi connectivity index (χ1) is 10.2. The summed E-state index contributed by atoms with van der Waals surface area (Å²) >= 11 is 1.56. The summed E-state index contributed by atoms with van der Waals surface area (Å²) in [6.07, 6.45) is 1.62. The summed E-state index contributed by atoms with van der Waals surface area (Å²) in [5.41, 5.74) is 0.903. The predicted octanol–water partition coefficient (Wildman–Crippen LogP) is 0.926. The molecule has 1 unspecified atom stereocenters. The first-order valence-electron chi connectivity index (χ1n) is 6.90. The van der Waals surface area contributed by atoms with Crippen LogP contribution in [0.25, 0.3) is 11.4 Å². The van der Waals surface area contributed by atoms with E-state index >= 15 is 0 Å². The van der Waals surface area contributed by atoms with E-state index in [-0.39, 0.29) is 19.1 Å². The number of tetrazole rings is 1. The van der Waals surface area contributed by atoms with Gasteiger partial charge in [-0.15, -0.1) is 10.2 Å². The Hall–Kier alpha value is -1.80. The number of hydrogen-bond acceptors (Lipinski definition) is 6. The first-order valence-corrected chi connectivity index (χ1v) is 7.85. The number of nitrogens with one attached hydrogen (secondary N) is 1. The summed E-state index contributed by atoms with van der Waals surface area (Å²) in [5.74, 6) is 0.667. The minimum absolute atomic E-state index is 0.0483. The summed E-state index contributed by atoms with van der Waals surface area (Å²) < 4.78 is 0. The standard InChI is InChI=1S/C13H19N5O2S/c1-2-10(3-5-19)7-14-12(20)8-18-16-13(15-17-18)11-4-6-21-9-11/h4,6,9-10,19H,2-3,5,7-8H2,1H3,(H,14,20). The van der Waals surface area contributed by atoms with E-state index in [0.29, 0.717) is 24.7 Å². The quantitative estimate of drug-likeness (QED) is 0.756. The number of carbonyl (C=O) groups is 1. The van der Waals surface area contributed by atoms with Gasteiger partial charge in [-0.05, 0) is 29.0 Å². The smallest absolute Gasteiger partial charge is 0.243 e. The fraction of sp³-hybridized carbons (Fsp3) is 0.538. The van der Waals surface area contributed by atoms with E-state index in [4.69, 9.17) is 5.11 Å². The first kappa shape index (κ1) is 15.6. The van der Waals surface area contributed by atoms with Gasteiger partial charge in [-0.2, -0.15) is 16.1 Å². The number of amides is 1. The molecule has 2 heterocycles. The minimum atomic E-state index is -0.152. The largest absolute Gasteiger partial charge is 0.396 e. The molecule has 8 heteroatoms. The predicted molar refractivity (Wildman–Crippen MR) is 79.6 cm³/mol. The Kier molecular flexibility index (Phi) is 5.82. The lowest BCUT2D eigenvalue weighted by Crippen LogP contribution is -2.32. The average Bonchev–Trinajstić information content (AvgIpc) is 3.14. The van der Waals surface area contributed by atoms with E-state index in [9.17, 15) is 4.79 Å². The lowest BCUT2D eigenvalue weighted by molar-refractivity contribution is -0.122. The van der Waals surface area contributed by atoms with Gasteiger partial charge in [0.25, 0.3) is 0 Å². The van der Waals surface area contributed by atoms with Crippen LogP contribution in [-0.2, 0) is 11.3 Å². The van der Waals surface area contributed by atoms with Crippen molar-refractivity contribution in [3.63, 3.8) is 0 Å². The number of rotatable bonds is 8. The van der Waals surface area contributed by atoms with Crippen LogP contribution < -0.4 is 5.32 Å². The fourth-order valence-corrected chi connectivity index (χ4v) is 2.53. The van der Waals surface area contributed by atoms with E-state index < -0.39 is 0 Å². The summed E-state index contributed by atoms with van der Waals surface area (Å²) in [7, 11) is 0. The Labute approximate surface area is 127 Å². The van der Waals surface area contributed by atoms with Gasteiger partial charge in [0, 0.05) is 24.1 Å². The highest BCUT2D eigenvalue weighted by molar-refractivity contribution is 7.08. The highest BCUT2D eigenvalue weighted by Gasteiger charge is 2.11. The molecule has 21 heavy (non-hydrogen) atoms. The molecule has 2 N–H and O–H groups in total. The molecule has 1 atom stereocenters. The van der Waals surface area contributed by atoms with E-state index in [1.54, 1.807) is 11.3 Å². The molecule has 114 valence electrons. The number of aliphatic hydroxyl groups is 1. The van der Waals surface area contributed by atoms with Gasteiger partial charge in [0.15, 0.2) is 0 Å². The van der Waals surface area contributed by atoms with Crippen LogP contribution in [0.3, 0.4) is 0 Å². The van der Waals surface area contributed by atoms with Crippen LogP contribution in [-0.4, -0.2) is 44.4 Å². The van der Waals surface area contributed by atoms with Gasteiger partial charge in [-0.3, -0.25) is 4.79 Å². The highest BCUT2D eigenvalue weighted by atomic mass is 32.1. The molecular weight excluding hydrogens is 290 g/mol. The van der Waals surface area contributed by atoms with Crippen LogP contribution in [0.1, 0.15) is 19.8 Å². The van der Waals surface area contributed by atoms with Crippen molar-refractivity contribution in [1.82, 2.24) is 25.5 Å². The fourth-order valence-electron chi connectivity index (χ4n) is 1.89. The molecule has 1 amide bonds. The molecule has 2 rings (SSSR count). The van der Waals surface area contributed by atoms with Gasteiger partial charge in [0.05, 0.1) is 0 Å². The molecular formula is C13H19N5O2S. The van der Waals surface area contributed by atoms with E-state index in [2.05, 4.69) is 20.7 Å². The molecule has 0 spiro atoms. The van der Waals surface area contributed by atoms with Crippen molar-refractivity contribution >= 4 is 17.2 Å². The average molecular weight is 309 g/mol. The minimum Gasteiger partial charge on any atom is -0.396 e. The maximum atomic E-state index is 11.8. The van der Waals surface area contributed by atoms with Crippen molar-refractivity contribution in [3.05, 3.63) is 16.8 Å². The number of carbonyl (C=O) groups excluding carboxylic acids is 1. The van der Waals surface area contributed by atoms with Gasteiger partial charge in [-0.25, -0.2) is 0 Å². The molecule has 7 nitrogen and oxygen atoms in total. The topological polar surface area (TPSA) is 92.9 Å². The van der Waals surface area contributed by atoms with Gasteiger partial charge in [0.2, 0.25) is 11.7 Å².